The van der Waals surface area contributed by atoms with Gasteiger partial charge in [0.25, 0.3) is 5.91 Å². The molecule has 0 aliphatic rings. The van der Waals surface area contributed by atoms with Gasteiger partial charge in [0.05, 0.1) is 13.2 Å². The van der Waals surface area contributed by atoms with Gasteiger partial charge < -0.3 is 20.3 Å². The molecule has 0 aliphatic heterocycles. The van der Waals surface area contributed by atoms with E-state index < -0.39 is 0 Å². The number of aliphatic imine (C=N–C) groups is 1. The van der Waals surface area contributed by atoms with Gasteiger partial charge >= 0.3 is 0 Å². The average molecular weight is 411 g/mol. The number of carbonyl (C=O) groups is 1. The molecule has 0 spiro atoms. The van der Waals surface area contributed by atoms with Gasteiger partial charge in [-0.05, 0) is 48.2 Å². The standard InChI is InChI=1S/C24H34N4O2/c1-6-25-24(26-15-19-7-11-21(12-8-19)23(29)28(4)5)27-16-20-9-13-22(14-10-20)30-17-18(2)3/h7-14,18H,6,15-17H2,1-5H3,(H2,25,26,27). The van der Waals surface area contributed by atoms with Gasteiger partial charge in [0.15, 0.2) is 5.96 Å². The number of amides is 1. The molecule has 162 valence electrons. The minimum atomic E-state index is 0.00466. The minimum Gasteiger partial charge on any atom is -0.493 e. The maximum absolute atomic E-state index is 12.0. The molecular weight excluding hydrogens is 376 g/mol. The summed E-state index contributed by atoms with van der Waals surface area (Å²) in [6, 6.07) is 15.7. The number of benzene rings is 2. The van der Waals surface area contributed by atoms with Crippen LogP contribution < -0.4 is 15.4 Å². The van der Waals surface area contributed by atoms with Gasteiger partial charge in [-0.15, -0.1) is 0 Å². The molecule has 6 nitrogen and oxygen atoms in total. The fourth-order valence-corrected chi connectivity index (χ4v) is 2.68. The SMILES string of the molecule is CCNC(=NCc1ccc(OCC(C)C)cc1)NCc1ccc(C(=O)N(C)C)cc1. The zero-order chi connectivity index (χ0) is 21.9. The van der Waals surface area contributed by atoms with Crippen LogP contribution in [0.2, 0.25) is 0 Å². The van der Waals surface area contributed by atoms with Gasteiger partial charge in [0.1, 0.15) is 5.75 Å². The monoisotopic (exact) mass is 410 g/mol. The lowest BCUT2D eigenvalue weighted by atomic mass is 10.1. The van der Waals surface area contributed by atoms with Crippen LogP contribution in [0.25, 0.3) is 0 Å². The Balaban J connectivity index is 1.92. The third-order valence-corrected chi connectivity index (χ3v) is 4.34. The van der Waals surface area contributed by atoms with Crippen LogP contribution in [-0.2, 0) is 13.1 Å². The van der Waals surface area contributed by atoms with E-state index in [2.05, 4.69) is 29.5 Å². The maximum Gasteiger partial charge on any atom is 0.253 e. The van der Waals surface area contributed by atoms with E-state index in [-0.39, 0.29) is 5.91 Å². The number of hydrogen-bond donors (Lipinski definition) is 2. The summed E-state index contributed by atoms with van der Waals surface area (Å²) in [5.41, 5.74) is 2.89. The summed E-state index contributed by atoms with van der Waals surface area (Å²) in [4.78, 5) is 18.2. The number of hydrogen-bond acceptors (Lipinski definition) is 3. The zero-order valence-electron chi connectivity index (χ0n) is 18.7. The van der Waals surface area contributed by atoms with Crippen molar-refractivity contribution in [2.45, 2.75) is 33.9 Å². The largest absolute Gasteiger partial charge is 0.493 e. The highest BCUT2D eigenvalue weighted by Gasteiger charge is 2.07. The maximum atomic E-state index is 12.0. The van der Waals surface area contributed by atoms with Crippen molar-refractivity contribution in [2.75, 3.05) is 27.2 Å². The second-order valence-electron chi connectivity index (χ2n) is 7.79. The van der Waals surface area contributed by atoms with E-state index in [1.807, 2.05) is 55.5 Å². The first kappa shape index (κ1) is 23.3. The summed E-state index contributed by atoms with van der Waals surface area (Å²) in [5, 5.41) is 6.61. The summed E-state index contributed by atoms with van der Waals surface area (Å²) >= 11 is 0. The Morgan fingerprint density at radius 2 is 1.63 bits per heavy atom. The quantitative estimate of drug-likeness (QED) is 0.489. The topological polar surface area (TPSA) is 66.0 Å². The highest BCUT2D eigenvalue weighted by atomic mass is 16.5. The van der Waals surface area contributed by atoms with E-state index in [4.69, 9.17) is 4.74 Å². The summed E-state index contributed by atoms with van der Waals surface area (Å²) < 4.78 is 5.73. The molecule has 6 heteroatoms. The molecule has 30 heavy (non-hydrogen) atoms. The Bertz CT molecular complexity index is 812. The van der Waals surface area contributed by atoms with Crippen molar-refractivity contribution in [1.29, 1.82) is 0 Å². The highest BCUT2D eigenvalue weighted by molar-refractivity contribution is 5.93. The number of guanidine groups is 1. The third-order valence-electron chi connectivity index (χ3n) is 4.34. The predicted molar refractivity (Wildman–Crippen MR) is 123 cm³/mol. The molecule has 0 saturated carbocycles. The predicted octanol–water partition coefficient (Wildman–Crippen LogP) is 3.68. The zero-order valence-corrected chi connectivity index (χ0v) is 18.7. The molecule has 0 unspecified atom stereocenters. The molecule has 2 N–H and O–H groups in total. The smallest absolute Gasteiger partial charge is 0.253 e. The van der Waals surface area contributed by atoms with E-state index in [1.54, 1.807) is 19.0 Å². The van der Waals surface area contributed by atoms with Crippen molar-refractivity contribution in [3.63, 3.8) is 0 Å². The minimum absolute atomic E-state index is 0.00466. The summed E-state index contributed by atoms with van der Waals surface area (Å²) in [7, 11) is 3.51. The van der Waals surface area contributed by atoms with Crippen molar-refractivity contribution in [3.8, 4) is 5.75 Å². The first-order valence-corrected chi connectivity index (χ1v) is 10.4. The highest BCUT2D eigenvalue weighted by Crippen LogP contribution is 2.14. The second-order valence-corrected chi connectivity index (χ2v) is 7.79. The molecule has 0 fully saturated rings. The Morgan fingerprint density at radius 3 is 2.20 bits per heavy atom. The molecule has 0 heterocycles. The lowest BCUT2D eigenvalue weighted by Gasteiger charge is -2.13. The molecule has 0 aliphatic carbocycles. The van der Waals surface area contributed by atoms with E-state index in [9.17, 15) is 4.79 Å². The van der Waals surface area contributed by atoms with Crippen LogP contribution in [0.5, 0.6) is 5.75 Å². The van der Waals surface area contributed by atoms with Crippen LogP contribution in [0.15, 0.2) is 53.5 Å². The third kappa shape index (κ3) is 7.78. The Labute approximate surface area is 180 Å². The Kier molecular flexibility index (Phi) is 9.19. The van der Waals surface area contributed by atoms with Crippen LogP contribution in [0.4, 0.5) is 0 Å². The summed E-state index contributed by atoms with van der Waals surface area (Å²) in [6.07, 6.45) is 0. The first-order chi connectivity index (χ1) is 14.4. The summed E-state index contributed by atoms with van der Waals surface area (Å²) in [5.74, 6) is 2.15. The number of carbonyl (C=O) groups excluding carboxylic acids is 1. The first-order valence-electron chi connectivity index (χ1n) is 10.4. The van der Waals surface area contributed by atoms with Crippen molar-refractivity contribution >= 4 is 11.9 Å². The van der Waals surface area contributed by atoms with Gasteiger partial charge in [-0.1, -0.05) is 38.1 Å². The number of nitrogens with zero attached hydrogens (tertiary/aromatic N) is 2. The van der Waals surface area contributed by atoms with Gasteiger partial charge in [-0.25, -0.2) is 4.99 Å². The Morgan fingerprint density at radius 1 is 1.00 bits per heavy atom. The van der Waals surface area contributed by atoms with Crippen LogP contribution >= 0.6 is 0 Å². The van der Waals surface area contributed by atoms with Crippen molar-refractivity contribution in [1.82, 2.24) is 15.5 Å². The molecule has 0 saturated heterocycles. The molecule has 2 rings (SSSR count). The molecule has 2 aromatic carbocycles. The molecular formula is C24H34N4O2. The number of ether oxygens (including phenoxy) is 1. The van der Waals surface area contributed by atoms with E-state index >= 15 is 0 Å². The lowest BCUT2D eigenvalue weighted by molar-refractivity contribution is 0.0827. The fraction of sp³-hybridized carbons (Fsp3) is 0.417. The van der Waals surface area contributed by atoms with Crippen LogP contribution in [0, 0.1) is 5.92 Å². The van der Waals surface area contributed by atoms with Gasteiger partial charge in [-0.3, -0.25) is 4.79 Å². The van der Waals surface area contributed by atoms with E-state index in [1.165, 1.54) is 0 Å². The normalized spacial score (nSPS) is 11.3. The number of nitrogens with one attached hydrogen (secondary N) is 2. The molecule has 2 aromatic rings. The van der Waals surface area contributed by atoms with E-state index in [0.29, 0.717) is 24.6 Å². The van der Waals surface area contributed by atoms with Crippen molar-refractivity contribution in [2.24, 2.45) is 10.9 Å². The van der Waals surface area contributed by atoms with Crippen molar-refractivity contribution < 1.29 is 9.53 Å². The fourth-order valence-electron chi connectivity index (χ4n) is 2.68. The molecule has 0 atom stereocenters. The van der Waals surface area contributed by atoms with Crippen LogP contribution in [0.1, 0.15) is 42.3 Å². The molecule has 0 bridgehead atoms. The van der Waals surface area contributed by atoms with Crippen LogP contribution in [-0.4, -0.2) is 44.0 Å². The van der Waals surface area contributed by atoms with Gasteiger partial charge in [-0.2, -0.15) is 0 Å². The van der Waals surface area contributed by atoms with Crippen molar-refractivity contribution in [3.05, 3.63) is 65.2 Å². The second kappa shape index (κ2) is 11.9. The average Bonchev–Trinajstić information content (AvgIpc) is 2.74. The number of rotatable bonds is 9. The van der Waals surface area contributed by atoms with Gasteiger partial charge in [0.2, 0.25) is 0 Å². The molecule has 0 radical (unpaired) electrons. The molecule has 0 aromatic heterocycles. The Hall–Kier alpha value is -3.02. The molecule has 1 amide bonds. The van der Waals surface area contributed by atoms with Gasteiger partial charge in [0, 0.05) is 32.7 Å². The van der Waals surface area contributed by atoms with Crippen LogP contribution in [0.3, 0.4) is 0 Å². The van der Waals surface area contributed by atoms with E-state index in [0.717, 1.165) is 36.0 Å². The summed E-state index contributed by atoms with van der Waals surface area (Å²) in [6.45, 7) is 9.02. The lowest BCUT2D eigenvalue weighted by Crippen LogP contribution is -2.36.